The molecule has 1 heterocycles. The molecular weight excluding hydrogens is 204 g/mol. The van der Waals surface area contributed by atoms with Gasteiger partial charge in [0.05, 0.1) is 0 Å². The van der Waals surface area contributed by atoms with E-state index < -0.39 is 0 Å². The highest BCUT2D eigenvalue weighted by Crippen LogP contribution is 2.19. The molecule has 90 valence electrons. The van der Waals surface area contributed by atoms with Crippen molar-refractivity contribution in [1.29, 1.82) is 0 Å². The number of piperidine rings is 1. The highest BCUT2D eigenvalue weighted by atomic mass is 32.2. The van der Waals surface area contributed by atoms with Crippen LogP contribution < -0.4 is 5.32 Å². The van der Waals surface area contributed by atoms with Gasteiger partial charge in [0.1, 0.15) is 0 Å². The molecule has 2 nitrogen and oxygen atoms in total. The first kappa shape index (κ1) is 13.3. The second-order valence-electron chi connectivity index (χ2n) is 4.88. The lowest BCUT2D eigenvalue weighted by atomic mass is 9.90. The highest BCUT2D eigenvalue weighted by molar-refractivity contribution is 7.99. The summed E-state index contributed by atoms with van der Waals surface area (Å²) in [5, 5.41) is 4.41. The van der Waals surface area contributed by atoms with Gasteiger partial charge in [0, 0.05) is 17.8 Å². The molecule has 0 spiro atoms. The number of nitrogens with one attached hydrogen (secondary N) is 1. The first-order valence-corrected chi connectivity index (χ1v) is 7.37. The summed E-state index contributed by atoms with van der Waals surface area (Å²) in [6.45, 7) is 8.33. The van der Waals surface area contributed by atoms with Gasteiger partial charge in [-0.15, -0.1) is 0 Å². The van der Waals surface area contributed by atoms with Gasteiger partial charge in [-0.25, -0.2) is 0 Å². The maximum Gasteiger partial charge on any atom is 0.0141 e. The molecule has 0 saturated carbocycles. The molecule has 1 fully saturated rings. The summed E-state index contributed by atoms with van der Waals surface area (Å²) in [7, 11) is 2.23. The predicted octanol–water partition coefficient (Wildman–Crippen LogP) is 2.06. The first-order valence-electron chi connectivity index (χ1n) is 6.08. The molecular formula is C12H26N2S. The Kier molecular flexibility index (Phi) is 6.02. The number of likely N-dealkylation sites (tertiary alicyclic amines) is 1. The Morgan fingerprint density at radius 1 is 1.33 bits per heavy atom. The third-order valence-electron chi connectivity index (χ3n) is 3.60. The van der Waals surface area contributed by atoms with Crippen LogP contribution in [0.15, 0.2) is 0 Å². The number of rotatable bonds is 5. The third-order valence-corrected chi connectivity index (χ3v) is 4.57. The summed E-state index contributed by atoms with van der Waals surface area (Å²) >= 11 is 1.94. The molecule has 1 aliphatic heterocycles. The molecule has 1 N–H and O–H groups in total. The average molecular weight is 230 g/mol. The zero-order chi connectivity index (χ0) is 11.3. The summed E-state index contributed by atoms with van der Waals surface area (Å²) in [5.74, 6) is 0.884. The minimum Gasteiger partial charge on any atom is -0.313 e. The van der Waals surface area contributed by atoms with Crippen molar-refractivity contribution in [2.24, 2.45) is 5.92 Å². The van der Waals surface area contributed by atoms with E-state index in [2.05, 4.69) is 37.4 Å². The lowest BCUT2D eigenvalue weighted by molar-refractivity contribution is 0.190. The van der Waals surface area contributed by atoms with E-state index in [4.69, 9.17) is 0 Å². The van der Waals surface area contributed by atoms with Gasteiger partial charge >= 0.3 is 0 Å². The maximum absolute atomic E-state index is 3.68. The summed E-state index contributed by atoms with van der Waals surface area (Å²) in [4.78, 5) is 2.44. The molecule has 0 aromatic carbocycles. The largest absolute Gasteiger partial charge is 0.313 e. The Hall–Kier alpha value is 0.270. The predicted molar refractivity (Wildman–Crippen MR) is 70.7 cm³/mol. The monoisotopic (exact) mass is 230 g/mol. The minimum atomic E-state index is 0.688. The maximum atomic E-state index is 3.68. The molecule has 0 radical (unpaired) electrons. The zero-order valence-corrected chi connectivity index (χ0v) is 11.4. The molecule has 1 rings (SSSR count). The molecule has 2 atom stereocenters. The fraction of sp³-hybridized carbons (Fsp3) is 1.00. The van der Waals surface area contributed by atoms with Crippen molar-refractivity contribution in [1.82, 2.24) is 10.2 Å². The van der Waals surface area contributed by atoms with Crippen LogP contribution in [0.5, 0.6) is 0 Å². The lowest BCUT2D eigenvalue weighted by Crippen LogP contribution is -2.42. The Labute approximate surface area is 99.2 Å². The molecule has 2 unspecified atom stereocenters. The number of thioether (sulfide) groups is 1. The quantitative estimate of drug-likeness (QED) is 0.778. The Balaban J connectivity index is 2.19. The molecule has 1 aliphatic rings. The van der Waals surface area contributed by atoms with E-state index >= 15 is 0 Å². The number of hydrogen-bond acceptors (Lipinski definition) is 3. The van der Waals surface area contributed by atoms with Crippen molar-refractivity contribution in [2.75, 3.05) is 32.9 Å². The Morgan fingerprint density at radius 3 is 2.47 bits per heavy atom. The van der Waals surface area contributed by atoms with Gasteiger partial charge in [-0.2, -0.15) is 11.8 Å². The lowest BCUT2D eigenvalue weighted by Gasteiger charge is -2.33. The van der Waals surface area contributed by atoms with E-state index in [9.17, 15) is 0 Å². The normalized spacial score (nSPS) is 24.0. The molecule has 15 heavy (non-hydrogen) atoms. The van der Waals surface area contributed by atoms with Gasteiger partial charge in [-0.3, -0.25) is 0 Å². The average Bonchev–Trinajstić information content (AvgIpc) is 2.26. The Bertz CT molecular complexity index is 167. The molecule has 0 bridgehead atoms. The van der Waals surface area contributed by atoms with Crippen molar-refractivity contribution in [3.05, 3.63) is 0 Å². The second kappa shape index (κ2) is 6.77. The van der Waals surface area contributed by atoms with Gasteiger partial charge < -0.3 is 10.2 Å². The number of hydrogen-bond donors (Lipinski definition) is 1. The Morgan fingerprint density at radius 2 is 1.93 bits per heavy atom. The van der Waals surface area contributed by atoms with E-state index in [0.717, 1.165) is 17.7 Å². The van der Waals surface area contributed by atoms with Crippen molar-refractivity contribution in [3.63, 3.8) is 0 Å². The van der Waals surface area contributed by atoms with Crippen LogP contribution in [0.1, 0.15) is 26.7 Å². The third kappa shape index (κ3) is 4.75. The van der Waals surface area contributed by atoms with E-state index in [1.54, 1.807) is 0 Å². The van der Waals surface area contributed by atoms with Crippen molar-refractivity contribution < 1.29 is 0 Å². The highest BCUT2D eigenvalue weighted by Gasteiger charge is 2.21. The molecule has 0 aromatic rings. The minimum absolute atomic E-state index is 0.688. The van der Waals surface area contributed by atoms with Gasteiger partial charge in [0.25, 0.3) is 0 Å². The molecule has 1 saturated heterocycles. The van der Waals surface area contributed by atoms with E-state index in [1.807, 2.05) is 11.8 Å². The molecule has 3 heteroatoms. The van der Waals surface area contributed by atoms with E-state index in [1.165, 1.54) is 25.9 Å². The smallest absolute Gasteiger partial charge is 0.0141 e. The van der Waals surface area contributed by atoms with Gasteiger partial charge in [-0.1, -0.05) is 6.92 Å². The van der Waals surface area contributed by atoms with Crippen LogP contribution in [0.3, 0.4) is 0 Å². The van der Waals surface area contributed by atoms with E-state index in [0.29, 0.717) is 6.04 Å². The second-order valence-corrected chi connectivity index (χ2v) is 6.16. The van der Waals surface area contributed by atoms with Gasteiger partial charge in [-0.05, 0) is 52.1 Å². The van der Waals surface area contributed by atoms with Crippen LogP contribution in [0.4, 0.5) is 0 Å². The summed E-state index contributed by atoms with van der Waals surface area (Å²) in [6, 6.07) is 0.688. The topological polar surface area (TPSA) is 15.3 Å². The van der Waals surface area contributed by atoms with Crippen molar-refractivity contribution in [2.45, 2.75) is 38.0 Å². The van der Waals surface area contributed by atoms with E-state index in [-0.39, 0.29) is 0 Å². The van der Waals surface area contributed by atoms with Gasteiger partial charge in [0.15, 0.2) is 0 Å². The summed E-state index contributed by atoms with van der Waals surface area (Å²) in [6.07, 6.45) is 4.91. The first-order chi connectivity index (χ1) is 7.13. The fourth-order valence-corrected chi connectivity index (χ4v) is 2.39. The van der Waals surface area contributed by atoms with Gasteiger partial charge in [0.2, 0.25) is 0 Å². The molecule has 0 amide bonds. The van der Waals surface area contributed by atoms with Crippen LogP contribution in [0, 0.1) is 5.92 Å². The van der Waals surface area contributed by atoms with Crippen LogP contribution in [-0.2, 0) is 0 Å². The SMILES string of the molecule is CSC(C)CNC(C)C1CCN(C)CC1. The molecule has 0 aromatic heterocycles. The van der Waals surface area contributed by atoms with Crippen LogP contribution in [0.25, 0.3) is 0 Å². The van der Waals surface area contributed by atoms with Crippen LogP contribution in [0.2, 0.25) is 0 Å². The van der Waals surface area contributed by atoms with Crippen molar-refractivity contribution >= 4 is 11.8 Å². The summed E-state index contributed by atoms with van der Waals surface area (Å²) < 4.78 is 0. The molecule has 0 aliphatic carbocycles. The standard InChI is InChI=1S/C12H26N2S/c1-10(15-4)9-13-11(2)12-5-7-14(3)8-6-12/h10-13H,5-9H2,1-4H3. The van der Waals surface area contributed by atoms with Crippen LogP contribution in [-0.4, -0.2) is 49.1 Å². The number of nitrogens with zero attached hydrogens (tertiary/aromatic N) is 1. The summed E-state index contributed by atoms with van der Waals surface area (Å²) in [5.41, 5.74) is 0. The zero-order valence-electron chi connectivity index (χ0n) is 10.6. The van der Waals surface area contributed by atoms with Crippen LogP contribution >= 0.6 is 11.8 Å². The van der Waals surface area contributed by atoms with Crippen molar-refractivity contribution in [3.8, 4) is 0 Å². The fourth-order valence-electron chi connectivity index (χ4n) is 2.13.